The Morgan fingerprint density at radius 1 is 1.29 bits per heavy atom. The molecule has 0 aliphatic heterocycles. The van der Waals surface area contributed by atoms with Crippen LogP contribution in [0.1, 0.15) is 26.7 Å². The van der Waals surface area contributed by atoms with Gasteiger partial charge in [-0.1, -0.05) is 13.8 Å². The van der Waals surface area contributed by atoms with E-state index in [4.69, 9.17) is 0 Å². The third kappa shape index (κ3) is 2.63. The van der Waals surface area contributed by atoms with Crippen LogP contribution in [0.5, 0.6) is 0 Å². The van der Waals surface area contributed by atoms with Crippen LogP contribution in [0.2, 0.25) is 0 Å². The zero-order chi connectivity index (χ0) is 12.1. The van der Waals surface area contributed by atoms with Gasteiger partial charge in [-0.2, -0.15) is 8.75 Å². The molecule has 1 N–H and O–H groups in total. The van der Waals surface area contributed by atoms with Gasteiger partial charge in [-0.15, -0.1) is 0 Å². The third-order valence-corrected chi connectivity index (χ3v) is 2.95. The van der Waals surface area contributed by atoms with Gasteiger partial charge in [0, 0.05) is 25.5 Å². The molecule has 0 atom stereocenters. The molecule has 2 aromatic rings. The summed E-state index contributed by atoms with van der Waals surface area (Å²) in [5, 5.41) is 3.28. The SMILES string of the molecule is CCCNc1nsnc1-c1nccn1CCC. The minimum atomic E-state index is 0.848. The zero-order valence-corrected chi connectivity index (χ0v) is 11.0. The maximum absolute atomic E-state index is 4.37. The molecule has 0 bridgehead atoms. The van der Waals surface area contributed by atoms with Crippen molar-refractivity contribution in [3.05, 3.63) is 12.4 Å². The number of hydrogen-bond donors (Lipinski definition) is 1. The highest BCUT2D eigenvalue weighted by Gasteiger charge is 2.14. The Labute approximate surface area is 105 Å². The predicted octanol–water partition coefficient (Wildman–Crippen LogP) is 2.63. The van der Waals surface area contributed by atoms with E-state index < -0.39 is 0 Å². The van der Waals surface area contributed by atoms with Crippen LogP contribution in [0.15, 0.2) is 12.4 Å². The fourth-order valence-electron chi connectivity index (χ4n) is 1.64. The fourth-order valence-corrected chi connectivity index (χ4v) is 2.17. The second-order valence-corrected chi connectivity index (χ2v) is 4.36. The summed E-state index contributed by atoms with van der Waals surface area (Å²) in [6.45, 7) is 6.15. The average molecular weight is 251 g/mol. The van der Waals surface area contributed by atoms with Crippen molar-refractivity contribution in [2.45, 2.75) is 33.2 Å². The first-order chi connectivity index (χ1) is 8.36. The van der Waals surface area contributed by atoms with E-state index in [2.05, 4.69) is 37.5 Å². The Morgan fingerprint density at radius 3 is 2.94 bits per heavy atom. The van der Waals surface area contributed by atoms with E-state index in [1.807, 2.05) is 12.4 Å². The molecule has 2 rings (SSSR count). The summed E-state index contributed by atoms with van der Waals surface area (Å²) in [5.74, 6) is 1.75. The molecule has 0 saturated carbocycles. The van der Waals surface area contributed by atoms with Gasteiger partial charge in [-0.05, 0) is 12.8 Å². The van der Waals surface area contributed by atoms with Gasteiger partial charge in [0.05, 0.1) is 11.7 Å². The fraction of sp³-hybridized carbons (Fsp3) is 0.545. The Kier molecular flexibility index (Phi) is 4.08. The molecule has 0 amide bonds. The maximum atomic E-state index is 4.37. The second-order valence-electron chi connectivity index (χ2n) is 3.83. The number of hydrogen-bond acceptors (Lipinski definition) is 5. The summed E-state index contributed by atoms with van der Waals surface area (Å²) in [7, 11) is 0. The largest absolute Gasteiger partial charge is 0.367 e. The number of nitrogens with one attached hydrogen (secondary N) is 1. The highest BCUT2D eigenvalue weighted by atomic mass is 32.1. The Hall–Kier alpha value is -1.43. The van der Waals surface area contributed by atoms with Gasteiger partial charge in [0.1, 0.15) is 0 Å². The lowest BCUT2D eigenvalue weighted by Gasteiger charge is -2.06. The van der Waals surface area contributed by atoms with Crippen molar-refractivity contribution in [1.82, 2.24) is 18.3 Å². The summed E-state index contributed by atoms with van der Waals surface area (Å²) >= 11 is 1.23. The monoisotopic (exact) mass is 251 g/mol. The van der Waals surface area contributed by atoms with Crippen LogP contribution in [0.4, 0.5) is 5.82 Å². The van der Waals surface area contributed by atoms with Crippen molar-refractivity contribution in [2.75, 3.05) is 11.9 Å². The normalized spacial score (nSPS) is 10.7. The molecule has 6 heteroatoms. The molecule has 92 valence electrons. The molecule has 17 heavy (non-hydrogen) atoms. The summed E-state index contributed by atoms with van der Waals surface area (Å²) in [4.78, 5) is 4.37. The van der Waals surface area contributed by atoms with Crippen LogP contribution in [0.3, 0.4) is 0 Å². The lowest BCUT2D eigenvalue weighted by Crippen LogP contribution is -2.04. The Bertz CT molecular complexity index is 462. The Morgan fingerprint density at radius 2 is 2.18 bits per heavy atom. The van der Waals surface area contributed by atoms with Crippen molar-refractivity contribution in [3.8, 4) is 11.5 Å². The van der Waals surface area contributed by atoms with Crippen molar-refractivity contribution in [2.24, 2.45) is 0 Å². The third-order valence-electron chi connectivity index (χ3n) is 2.42. The highest BCUT2D eigenvalue weighted by molar-refractivity contribution is 6.99. The maximum Gasteiger partial charge on any atom is 0.171 e. The van der Waals surface area contributed by atoms with Crippen molar-refractivity contribution < 1.29 is 0 Å². The van der Waals surface area contributed by atoms with E-state index in [0.717, 1.165) is 43.3 Å². The van der Waals surface area contributed by atoms with Crippen LogP contribution in [0.25, 0.3) is 11.5 Å². The van der Waals surface area contributed by atoms with Crippen LogP contribution in [-0.4, -0.2) is 24.8 Å². The van der Waals surface area contributed by atoms with E-state index in [0.29, 0.717) is 0 Å². The standard InChI is InChI=1S/C11H17N5S/c1-3-5-12-10-9(14-17-15-10)11-13-6-8-16(11)7-4-2/h6,8H,3-5,7H2,1-2H3,(H,12,15). The van der Waals surface area contributed by atoms with Gasteiger partial charge in [0.15, 0.2) is 17.3 Å². The van der Waals surface area contributed by atoms with Gasteiger partial charge in [-0.3, -0.25) is 0 Å². The van der Waals surface area contributed by atoms with E-state index >= 15 is 0 Å². The van der Waals surface area contributed by atoms with Crippen LogP contribution < -0.4 is 5.32 Å². The quantitative estimate of drug-likeness (QED) is 0.857. The molecule has 0 aromatic carbocycles. The molecule has 2 heterocycles. The summed E-state index contributed by atoms with van der Waals surface area (Å²) in [6.07, 6.45) is 5.95. The number of nitrogens with zero attached hydrogens (tertiary/aromatic N) is 4. The molecule has 5 nitrogen and oxygen atoms in total. The van der Waals surface area contributed by atoms with E-state index in [1.165, 1.54) is 11.7 Å². The molecule has 0 aliphatic carbocycles. The minimum Gasteiger partial charge on any atom is -0.367 e. The van der Waals surface area contributed by atoms with Gasteiger partial charge in [-0.25, -0.2) is 4.98 Å². The second kappa shape index (κ2) is 5.77. The molecule has 0 fully saturated rings. The minimum absolute atomic E-state index is 0.848. The average Bonchev–Trinajstić information content (AvgIpc) is 2.94. The van der Waals surface area contributed by atoms with E-state index in [9.17, 15) is 0 Å². The molecule has 0 spiro atoms. The van der Waals surface area contributed by atoms with Gasteiger partial charge >= 0.3 is 0 Å². The number of aromatic nitrogens is 4. The number of aryl methyl sites for hydroxylation is 1. The highest BCUT2D eigenvalue weighted by Crippen LogP contribution is 2.24. The molecule has 2 aromatic heterocycles. The molecule has 0 saturated heterocycles. The summed E-state index contributed by atoms with van der Waals surface area (Å²) < 4.78 is 10.7. The summed E-state index contributed by atoms with van der Waals surface area (Å²) in [5.41, 5.74) is 0.863. The first-order valence-corrected chi connectivity index (χ1v) is 6.67. The van der Waals surface area contributed by atoms with Gasteiger partial charge < -0.3 is 9.88 Å². The molecule has 0 radical (unpaired) electrons. The first kappa shape index (κ1) is 12.0. The van der Waals surface area contributed by atoms with E-state index in [1.54, 1.807) is 0 Å². The number of imidazole rings is 1. The topological polar surface area (TPSA) is 55.6 Å². The smallest absolute Gasteiger partial charge is 0.171 e. The predicted molar refractivity (Wildman–Crippen MR) is 70.2 cm³/mol. The number of rotatable bonds is 6. The van der Waals surface area contributed by atoms with Crippen molar-refractivity contribution >= 4 is 17.5 Å². The lowest BCUT2D eigenvalue weighted by molar-refractivity contribution is 0.684. The molecular weight excluding hydrogens is 234 g/mol. The molecule has 0 unspecified atom stereocenters. The van der Waals surface area contributed by atoms with E-state index in [-0.39, 0.29) is 0 Å². The molecular formula is C11H17N5S. The molecule has 0 aliphatic rings. The van der Waals surface area contributed by atoms with Gasteiger partial charge in [0.25, 0.3) is 0 Å². The van der Waals surface area contributed by atoms with Crippen LogP contribution in [-0.2, 0) is 6.54 Å². The van der Waals surface area contributed by atoms with Crippen molar-refractivity contribution in [3.63, 3.8) is 0 Å². The van der Waals surface area contributed by atoms with Crippen LogP contribution >= 0.6 is 11.7 Å². The number of anilines is 1. The zero-order valence-electron chi connectivity index (χ0n) is 10.2. The lowest BCUT2D eigenvalue weighted by atomic mass is 10.3. The van der Waals surface area contributed by atoms with Crippen molar-refractivity contribution in [1.29, 1.82) is 0 Å². The Balaban J connectivity index is 2.26. The summed E-state index contributed by atoms with van der Waals surface area (Å²) in [6, 6.07) is 0. The first-order valence-electron chi connectivity index (χ1n) is 5.94. The van der Waals surface area contributed by atoms with Gasteiger partial charge in [0.2, 0.25) is 0 Å². The van der Waals surface area contributed by atoms with Crippen LogP contribution in [0, 0.1) is 0 Å².